The lowest BCUT2D eigenvalue weighted by atomic mass is 10.2. The van der Waals surface area contributed by atoms with Gasteiger partial charge in [-0.05, 0) is 25.1 Å². The normalized spacial score (nSPS) is 10.1. The van der Waals surface area contributed by atoms with Crippen LogP contribution in [0.25, 0.3) is 10.6 Å². The van der Waals surface area contributed by atoms with Crippen molar-refractivity contribution < 1.29 is 4.39 Å². The number of aryl methyl sites for hydroxylation is 1. The van der Waals surface area contributed by atoms with Gasteiger partial charge in [-0.1, -0.05) is 11.6 Å². The van der Waals surface area contributed by atoms with Crippen LogP contribution in [0.4, 0.5) is 4.39 Å². The highest BCUT2D eigenvalue weighted by atomic mass is 35.5. The first kappa shape index (κ1) is 11.1. The summed E-state index contributed by atoms with van der Waals surface area (Å²) in [6.07, 6.45) is 0. The van der Waals surface area contributed by atoms with Crippen molar-refractivity contribution in [3.63, 3.8) is 0 Å². The molecule has 5 heteroatoms. The van der Waals surface area contributed by atoms with Gasteiger partial charge in [0.1, 0.15) is 21.8 Å². The van der Waals surface area contributed by atoms with E-state index in [1.165, 1.54) is 18.2 Å². The van der Waals surface area contributed by atoms with Gasteiger partial charge in [0.05, 0.1) is 5.69 Å². The molecule has 1 heterocycles. The lowest BCUT2D eigenvalue weighted by Crippen LogP contribution is -1.83. The Morgan fingerprint density at radius 3 is 2.88 bits per heavy atom. The number of nitrogens with zero attached hydrogens (tertiary/aromatic N) is 2. The van der Waals surface area contributed by atoms with Crippen molar-refractivity contribution in [2.24, 2.45) is 0 Å². The Morgan fingerprint density at radius 1 is 1.50 bits per heavy atom. The van der Waals surface area contributed by atoms with Crippen LogP contribution in [0.15, 0.2) is 18.2 Å². The minimum absolute atomic E-state index is 0.335. The molecule has 0 amide bonds. The van der Waals surface area contributed by atoms with Crippen molar-refractivity contribution >= 4 is 22.9 Å². The lowest BCUT2D eigenvalue weighted by Gasteiger charge is -1.98. The number of hydrogen-bond donors (Lipinski definition) is 0. The van der Waals surface area contributed by atoms with Crippen molar-refractivity contribution in [3.05, 3.63) is 39.6 Å². The van der Waals surface area contributed by atoms with E-state index in [0.29, 0.717) is 26.2 Å². The molecule has 0 fully saturated rings. The van der Waals surface area contributed by atoms with E-state index in [-0.39, 0.29) is 5.82 Å². The molecule has 0 bridgehead atoms. The van der Waals surface area contributed by atoms with Gasteiger partial charge in [-0.3, -0.25) is 0 Å². The second-order valence-electron chi connectivity index (χ2n) is 3.17. The van der Waals surface area contributed by atoms with Crippen LogP contribution in [0.5, 0.6) is 0 Å². The quantitative estimate of drug-likeness (QED) is 0.774. The van der Waals surface area contributed by atoms with Crippen molar-refractivity contribution in [3.8, 4) is 16.6 Å². The Hall–Kier alpha value is -1.44. The van der Waals surface area contributed by atoms with Crippen molar-refractivity contribution in [2.75, 3.05) is 0 Å². The number of aromatic nitrogens is 1. The Labute approximate surface area is 101 Å². The molecule has 0 unspecified atom stereocenters. The minimum atomic E-state index is -0.386. The van der Waals surface area contributed by atoms with Crippen molar-refractivity contribution in [2.45, 2.75) is 6.92 Å². The average molecular weight is 253 g/mol. The molecule has 2 nitrogen and oxygen atoms in total. The summed E-state index contributed by atoms with van der Waals surface area (Å²) < 4.78 is 13.5. The number of halogens is 2. The fourth-order valence-electron chi connectivity index (χ4n) is 1.28. The zero-order valence-electron chi connectivity index (χ0n) is 8.29. The molecule has 2 rings (SSSR count). The van der Waals surface area contributed by atoms with Gasteiger partial charge < -0.3 is 0 Å². The summed E-state index contributed by atoms with van der Waals surface area (Å²) in [6, 6.07) is 6.30. The van der Waals surface area contributed by atoms with Crippen LogP contribution in [0.3, 0.4) is 0 Å². The third-order valence-electron chi connectivity index (χ3n) is 2.06. The highest BCUT2D eigenvalue weighted by Gasteiger charge is 2.12. The van der Waals surface area contributed by atoms with Crippen LogP contribution in [0.1, 0.15) is 10.6 Å². The molecule has 1 aromatic heterocycles. The molecule has 0 radical (unpaired) electrons. The van der Waals surface area contributed by atoms with E-state index >= 15 is 0 Å². The van der Waals surface area contributed by atoms with Crippen LogP contribution >= 0.6 is 22.9 Å². The van der Waals surface area contributed by atoms with Gasteiger partial charge in [-0.2, -0.15) is 5.26 Å². The van der Waals surface area contributed by atoms with Gasteiger partial charge in [0.15, 0.2) is 0 Å². The maximum Gasteiger partial charge on any atom is 0.133 e. The number of thiazole rings is 1. The van der Waals surface area contributed by atoms with E-state index in [0.717, 1.165) is 11.3 Å². The van der Waals surface area contributed by atoms with Crippen LogP contribution in [0.2, 0.25) is 5.02 Å². The Bertz CT molecular complexity index is 586. The lowest BCUT2D eigenvalue weighted by molar-refractivity contribution is 0.631. The standard InChI is InChI=1S/C11H6ClFN2S/c1-6-10(5-14)16-11(15-6)8-4-7(12)2-3-9(8)13/h2-4H,1H3. The Balaban J connectivity index is 2.59. The molecule has 1 aromatic carbocycles. The van der Waals surface area contributed by atoms with E-state index in [2.05, 4.69) is 4.98 Å². The first-order valence-electron chi connectivity index (χ1n) is 4.45. The summed E-state index contributed by atoms with van der Waals surface area (Å²) in [5.41, 5.74) is 0.948. The minimum Gasteiger partial charge on any atom is -0.240 e. The predicted molar refractivity (Wildman–Crippen MR) is 62.0 cm³/mol. The molecule has 0 saturated heterocycles. The fraction of sp³-hybridized carbons (Fsp3) is 0.0909. The predicted octanol–water partition coefficient (Wildman–Crippen LogP) is 3.78. The summed E-state index contributed by atoms with van der Waals surface area (Å²) in [6.45, 7) is 1.72. The second-order valence-corrected chi connectivity index (χ2v) is 4.61. The molecule has 0 aliphatic rings. The summed E-state index contributed by atoms with van der Waals surface area (Å²) in [4.78, 5) is 4.65. The molecule has 0 N–H and O–H groups in total. The fourth-order valence-corrected chi connectivity index (χ4v) is 2.33. The molecule has 2 aromatic rings. The molecule has 0 atom stereocenters. The molecule has 80 valence electrons. The number of benzene rings is 1. The maximum atomic E-state index is 13.5. The summed E-state index contributed by atoms with van der Waals surface area (Å²) >= 11 is 6.96. The number of rotatable bonds is 1. The van der Waals surface area contributed by atoms with Gasteiger partial charge in [0.25, 0.3) is 0 Å². The third kappa shape index (κ3) is 1.92. The van der Waals surface area contributed by atoms with E-state index in [4.69, 9.17) is 16.9 Å². The molecular weight excluding hydrogens is 247 g/mol. The molecule has 16 heavy (non-hydrogen) atoms. The maximum absolute atomic E-state index is 13.5. The van der Waals surface area contributed by atoms with E-state index in [1.807, 2.05) is 6.07 Å². The van der Waals surface area contributed by atoms with Crippen LogP contribution in [-0.2, 0) is 0 Å². The molecule has 0 spiro atoms. The molecular formula is C11H6ClFN2S. The van der Waals surface area contributed by atoms with Crippen LogP contribution < -0.4 is 0 Å². The SMILES string of the molecule is Cc1nc(-c2cc(Cl)ccc2F)sc1C#N. The summed E-state index contributed by atoms with van der Waals surface area (Å²) in [5.74, 6) is -0.386. The van der Waals surface area contributed by atoms with Gasteiger partial charge >= 0.3 is 0 Å². The largest absolute Gasteiger partial charge is 0.240 e. The van der Waals surface area contributed by atoms with Crippen molar-refractivity contribution in [1.82, 2.24) is 4.98 Å². The topological polar surface area (TPSA) is 36.7 Å². The third-order valence-corrected chi connectivity index (χ3v) is 3.39. The van der Waals surface area contributed by atoms with Gasteiger partial charge in [0, 0.05) is 10.6 Å². The number of nitriles is 1. The molecule has 0 aliphatic carbocycles. The van der Waals surface area contributed by atoms with E-state index < -0.39 is 0 Å². The van der Waals surface area contributed by atoms with Gasteiger partial charge in [-0.25, -0.2) is 9.37 Å². The zero-order chi connectivity index (χ0) is 11.7. The first-order valence-corrected chi connectivity index (χ1v) is 5.64. The van der Waals surface area contributed by atoms with Crippen LogP contribution in [-0.4, -0.2) is 4.98 Å². The van der Waals surface area contributed by atoms with E-state index in [1.54, 1.807) is 6.92 Å². The zero-order valence-corrected chi connectivity index (χ0v) is 9.86. The van der Waals surface area contributed by atoms with E-state index in [9.17, 15) is 4.39 Å². The Morgan fingerprint density at radius 2 is 2.25 bits per heavy atom. The summed E-state index contributed by atoms with van der Waals surface area (Å²) in [7, 11) is 0. The highest BCUT2D eigenvalue weighted by Crippen LogP contribution is 2.31. The second kappa shape index (κ2) is 4.20. The molecule has 0 aliphatic heterocycles. The highest BCUT2D eigenvalue weighted by molar-refractivity contribution is 7.15. The smallest absolute Gasteiger partial charge is 0.133 e. The van der Waals surface area contributed by atoms with Gasteiger partial charge in [0.2, 0.25) is 0 Å². The first-order chi connectivity index (χ1) is 7.61. The van der Waals surface area contributed by atoms with Crippen molar-refractivity contribution in [1.29, 1.82) is 5.26 Å². The number of hydrogen-bond acceptors (Lipinski definition) is 3. The average Bonchev–Trinajstić information content (AvgIpc) is 2.63. The van der Waals surface area contributed by atoms with Crippen LogP contribution in [0, 0.1) is 24.1 Å². The summed E-state index contributed by atoms with van der Waals surface area (Å²) in [5, 5.41) is 9.73. The Kier molecular flexibility index (Phi) is 2.90. The van der Waals surface area contributed by atoms with Gasteiger partial charge in [-0.15, -0.1) is 11.3 Å². The molecule has 0 saturated carbocycles. The monoisotopic (exact) mass is 252 g/mol.